The Balaban J connectivity index is 1.65. The molecule has 25 heavy (non-hydrogen) atoms. The van der Waals surface area contributed by atoms with Gasteiger partial charge in [-0.15, -0.1) is 11.3 Å². The number of fused-ring (bicyclic) bond motifs is 1. The topological polar surface area (TPSA) is 68.3 Å². The van der Waals surface area contributed by atoms with Gasteiger partial charge in [-0.05, 0) is 30.3 Å². The first-order valence-electron chi connectivity index (χ1n) is 7.23. The summed E-state index contributed by atoms with van der Waals surface area (Å²) in [7, 11) is 1.30. The Bertz CT molecular complexity index is 910. The second-order valence-electron chi connectivity index (χ2n) is 4.97. The van der Waals surface area contributed by atoms with Crippen LogP contribution >= 0.6 is 34.7 Å². The van der Waals surface area contributed by atoms with Crippen LogP contribution in [0.1, 0.15) is 10.4 Å². The van der Waals surface area contributed by atoms with Crippen LogP contribution in [-0.2, 0) is 9.53 Å². The first-order chi connectivity index (χ1) is 12.1. The zero-order valence-corrected chi connectivity index (χ0v) is 15.5. The number of nitrogens with zero attached hydrogens (tertiary/aromatic N) is 1. The Morgan fingerprint density at radius 1 is 1.28 bits per heavy atom. The lowest BCUT2D eigenvalue weighted by Gasteiger charge is -2.08. The van der Waals surface area contributed by atoms with Crippen LogP contribution in [0.15, 0.2) is 46.8 Å². The zero-order valence-electron chi connectivity index (χ0n) is 13.1. The number of thiazole rings is 1. The second kappa shape index (κ2) is 7.86. The molecule has 0 unspecified atom stereocenters. The predicted octanol–water partition coefficient (Wildman–Crippen LogP) is 4.47. The van der Waals surface area contributed by atoms with Crippen molar-refractivity contribution in [1.82, 2.24) is 4.98 Å². The highest BCUT2D eigenvalue weighted by Gasteiger charge is 2.12. The molecule has 2 aromatic carbocycles. The number of esters is 1. The van der Waals surface area contributed by atoms with Crippen LogP contribution in [0.2, 0.25) is 5.02 Å². The Morgan fingerprint density at radius 2 is 2.08 bits per heavy atom. The summed E-state index contributed by atoms with van der Waals surface area (Å²) in [6.07, 6.45) is 0. The van der Waals surface area contributed by atoms with Gasteiger partial charge in [0.05, 0.1) is 39.4 Å². The van der Waals surface area contributed by atoms with Crippen molar-refractivity contribution in [2.24, 2.45) is 0 Å². The minimum atomic E-state index is -0.490. The van der Waals surface area contributed by atoms with E-state index in [1.807, 2.05) is 24.3 Å². The first kappa shape index (κ1) is 17.7. The molecule has 1 amide bonds. The molecule has 1 heterocycles. The molecule has 0 aliphatic heterocycles. The van der Waals surface area contributed by atoms with Crippen LogP contribution in [0.25, 0.3) is 10.2 Å². The molecular weight excluding hydrogens is 380 g/mol. The maximum atomic E-state index is 12.2. The number of para-hydroxylation sites is 1. The smallest absolute Gasteiger partial charge is 0.337 e. The molecule has 0 spiro atoms. The molecule has 3 aromatic rings. The Kier molecular flexibility index (Phi) is 5.57. The Hall–Kier alpha value is -2.09. The van der Waals surface area contributed by atoms with Crippen molar-refractivity contribution in [3.05, 3.63) is 53.1 Å². The van der Waals surface area contributed by atoms with Crippen LogP contribution in [0.5, 0.6) is 0 Å². The van der Waals surface area contributed by atoms with Crippen molar-refractivity contribution >= 4 is 62.5 Å². The molecule has 0 saturated carbocycles. The molecule has 0 fully saturated rings. The second-order valence-corrected chi connectivity index (χ2v) is 7.63. The van der Waals surface area contributed by atoms with Gasteiger partial charge in [0, 0.05) is 0 Å². The van der Waals surface area contributed by atoms with Gasteiger partial charge in [0.1, 0.15) is 0 Å². The molecule has 8 heteroatoms. The van der Waals surface area contributed by atoms with Crippen molar-refractivity contribution in [3.63, 3.8) is 0 Å². The van der Waals surface area contributed by atoms with E-state index in [1.54, 1.807) is 23.5 Å². The monoisotopic (exact) mass is 392 g/mol. The van der Waals surface area contributed by atoms with E-state index in [0.29, 0.717) is 16.3 Å². The molecule has 128 valence electrons. The van der Waals surface area contributed by atoms with Crippen LogP contribution in [0, 0.1) is 0 Å². The number of hydrogen-bond donors (Lipinski definition) is 1. The summed E-state index contributed by atoms with van der Waals surface area (Å²) < 4.78 is 6.57. The minimum absolute atomic E-state index is 0.193. The van der Waals surface area contributed by atoms with E-state index in [9.17, 15) is 9.59 Å². The molecule has 0 radical (unpaired) electrons. The van der Waals surface area contributed by atoms with Gasteiger partial charge in [0.15, 0.2) is 4.34 Å². The molecular formula is C17H13ClN2O3S2. The molecule has 5 nitrogen and oxygen atoms in total. The molecule has 0 atom stereocenters. The Labute approximate surface area is 157 Å². The van der Waals surface area contributed by atoms with Gasteiger partial charge in [0.2, 0.25) is 5.91 Å². The SMILES string of the molecule is COC(=O)c1ccc(Cl)c(NC(=O)CSc2nc3ccccc3s2)c1. The van der Waals surface area contributed by atoms with Gasteiger partial charge in [-0.3, -0.25) is 4.79 Å². The summed E-state index contributed by atoms with van der Waals surface area (Å²) >= 11 is 8.97. The number of amides is 1. The number of carbonyl (C=O) groups excluding carboxylic acids is 2. The number of nitrogens with one attached hydrogen (secondary N) is 1. The van der Waals surface area contributed by atoms with Crippen molar-refractivity contribution in [2.45, 2.75) is 4.34 Å². The van der Waals surface area contributed by atoms with Gasteiger partial charge >= 0.3 is 5.97 Å². The standard InChI is InChI=1S/C17H13ClN2O3S2/c1-23-16(22)10-6-7-11(18)13(8-10)19-15(21)9-24-17-20-12-4-2-3-5-14(12)25-17/h2-8H,9H2,1H3,(H,19,21). The fourth-order valence-corrected chi connectivity index (χ4v) is 4.13. The molecule has 1 aromatic heterocycles. The molecule has 1 N–H and O–H groups in total. The number of thioether (sulfide) groups is 1. The largest absolute Gasteiger partial charge is 0.465 e. The lowest BCUT2D eigenvalue weighted by molar-refractivity contribution is -0.113. The van der Waals surface area contributed by atoms with Crippen LogP contribution in [-0.4, -0.2) is 29.7 Å². The summed E-state index contributed by atoms with van der Waals surface area (Å²) in [5.74, 6) is -0.525. The highest BCUT2D eigenvalue weighted by molar-refractivity contribution is 8.01. The fourth-order valence-electron chi connectivity index (χ4n) is 2.09. The maximum absolute atomic E-state index is 12.2. The van der Waals surface area contributed by atoms with Gasteiger partial charge in [0.25, 0.3) is 0 Å². The fraction of sp³-hybridized carbons (Fsp3) is 0.118. The summed E-state index contributed by atoms with van der Waals surface area (Å²) in [4.78, 5) is 28.2. The van der Waals surface area contributed by atoms with Gasteiger partial charge in [-0.25, -0.2) is 9.78 Å². The first-order valence-corrected chi connectivity index (χ1v) is 9.41. The summed E-state index contributed by atoms with van der Waals surface area (Å²) in [5.41, 5.74) is 1.62. The number of hydrogen-bond acceptors (Lipinski definition) is 6. The normalized spacial score (nSPS) is 10.6. The van der Waals surface area contributed by atoms with Crippen molar-refractivity contribution in [2.75, 3.05) is 18.2 Å². The van der Waals surface area contributed by atoms with E-state index in [2.05, 4.69) is 15.0 Å². The van der Waals surface area contributed by atoms with Crippen molar-refractivity contribution in [3.8, 4) is 0 Å². The van der Waals surface area contributed by atoms with Crippen LogP contribution in [0.3, 0.4) is 0 Å². The number of ether oxygens (including phenoxy) is 1. The van der Waals surface area contributed by atoms with Crippen LogP contribution in [0.4, 0.5) is 5.69 Å². The van der Waals surface area contributed by atoms with E-state index in [-0.39, 0.29) is 11.7 Å². The maximum Gasteiger partial charge on any atom is 0.337 e. The molecule has 3 rings (SSSR count). The van der Waals surface area contributed by atoms with E-state index in [0.717, 1.165) is 14.6 Å². The number of benzene rings is 2. The van der Waals surface area contributed by atoms with Crippen molar-refractivity contribution in [1.29, 1.82) is 0 Å². The average molecular weight is 393 g/mol. The van der Waals surface area contributed by atoms with E-state index in [1.165, 1.54) is 24.9 Å². The lowest BCUT2D eigenvalue weighted by Crippen LogP contribution is -2.15. The summed E-state index contributed by atoms with van der Waals surface area (Å²) in [5, 5.41) is 3.06. The van der Waals surface area contributed by atoms with Gasteiger partial charge < -0.3 is 10.1 Å². The van der Waals surface area contributed by atoms with E-state index >= 15 is 0 Å². The van der Waals surface area contributed by atoms with Gasteiger partial charge in [-0.2, -0.15) is 0 Å². The van der Waals surface area contributed by atoms with Gasteiger partial charge in [-0.1, -0.05) is 35.5 Å². The minimum Gasteiger partial charge on any atom is -0.465 e. The molecule has 0 aliphatic rings. The van der Waals surface area contributed by atoms with Crippen LogP contribution < -0.4 is 5.32 Å². The molecule has 0 aliphatic carbocycles. The van der Waals surface area contributed by atoms with Crippen molar-refractivity contribution < 1.29 is 14.3 Å². The zero-order chi connectivity index (χ0) is 17.8. The highest BCUT2D eigenvalue weighted by Crippen LogP contribution is 2.29. The highest BCUT2D eigenvalue weighted by atomic mass is 35.5. The quantitative estimate of drug-likeness (QED) is 0.512. The summed E-state index contributed by atoms with van der Waals surface area (Å²) in [6.45, 7) is 0. The summed E-state index contributed by atoms with van der Waals surface area (Å²) in [6, 6.07) is 12.4. The van der Waals surface area contributed by atoms with E-state index in [4.69, 9.17) is 11.6 Å². The number of anilines is 1. The predicted molar refractivity (Wildman–Crippen MR) is 102 cm³/mol. The third kappa shape index (κ3) is 4.31. The number of aromatic nitrogens is 1. The van der Waals surface area contributed by atoms with E-state index < -0.39 is 5.97 Å². The number of carbonyl (C=O) groups is 2. The number of methoxy groups -OCH3 is 1. The third-order valence-electron chi connectivity index (χ3n) is 3.26. The average Bonchev–Trinajstić information content (AvgIpc) is 3.04. The number of rotatable bonds is 5. The Morgan fingerprint density at radius 3 is 2.84 bits per heavy atom. The number of halogens is 1. The molecule has 0 saturated heterocycles. The lowest BCUT2D eigenvalue weighted by atomic mass is 10.2. The molecule has 0 bridgehead atoms. The third-order valence-corrected chi connectivity index (χ3v) is 5.77.